The number of carboxylic acids is 2. The summed E-state index contributed by atoms with van der Waals surface area (Å²) in [5, 5.41) is 41.5. The van der Waals surface area contributed by atoms with Gasteiger partial charge in [-0.05, 0) is 44.9 Å². The molecule has 5 atom stereocenters. The van der Waals surface area contributed by atoms with E-state index in [1.54, 1.807) is 4.90 Å². The normalized spacial score (nSPS) is 27.1. The molecule has 170 valence electrons. The molecule has 1 fully saturated rings. The fourth-order valence-electron chi connectivity index (χ4n) is 3.45. The molecule has 30 heavy (non-hydrogen) atoms. The number of hydrogen-bond acceptors (Lipinski definition) is 8. The topological polar surface area (TPSA) is 207 Å². The first-order valence-corrected chi connectivity index (χ1v) is 10.2. The number of aliphatic hydroxyl groups is 2. The van der Waals surface area contributed by atoms with Crippen LogP contribution < -0.4 is 16.8 Å². The summed E-state index contributed by atoms with van der Waals surface area (Å²) in [6.07, 6.45) is 1.19. The molecule has 1 saturated heterocycles. The quantitative estimate of drug-likeness (QED) is 0.185. The van der Waals surface area contributed by atoms with Crippen LogP contribution in [0.5, 0.6) is 0 Å². The van der Waals surface area contributed by atoms with Crippen LogP contribution in [0.25, 0.3) is 0 Å². The van der Waals surface area contributed by atoms with Crippen LogP contribution in [-0.2, 0) is 9.59 Å². The first-order chi connectivity index (χ1) is 14.2. The van der Waals surface area contributed by atoms with Gasteiger partial charge in [-0.25, -0.2) is 0 Å². The lowest BCUT2D eigenvalue weighted by Gasteiger charge is -2.31. The lowest BCUT2D eigenvalue weighted by atomic mass is 10.1. The Balaban J connectivity index is 1.96. The highest BCUT2D eigenvalue weighted by Crippen LogP contribution is 2.22. The number of guanidine groups is 1. The largest absolute Gasteiger partial charge is 0.480 e. The van der Waals surface area contributed by atoms with Gasteiger partial charge in [0.05, 0.1) is 12.1 Å². The van der Waals surface area contributed by atoms with Crippen molar-refractivity contribution in [3.05, 3.63) is 0 Å². The van der Waals surface area contributed by atoms with Gasteiger partial charge in [-0.15, -0.1) is 0 Å². The highest BCUT2D eigenvalue weighted by atomic mass is 16.4. The minimum atomic E-state index is -1.11. The highest BCUT2D eigenvalue weighted by molar-refractivity contribution is 6.05. The van der Waals surface area contributed by atoms with E-state index in [1.165, 1.54) is 0 Å². The molecule has 9 N–H and O–H groups in total. The van der Waals surface area contributed by atoms with Gasteiger partial charge >= 0.3 is 11.9 Å². The van der Waals surface area contributed by atoms with Crippen molar-refractivity contribution >= 4 is 23.7 Å². The van der Waals surface area contributed by atoms with Crippen LogP contribution in [0.1, 0.15) is 44.9 Å². The first kappa shape index (κ1) is 24.0. The van der Waals surface area contributed by atoms with E-state index in [1.807, 2.05) is 0 Å². The van der Waals surface area contributed by atoms with E-state index < -0.39 is 36.4 Å². The average molecular weight is 428 g/mol. The predicted octanol–water partition coefficient (Wildman–Crippen LogP) is -1.74. The molecule has 2 rings (SSSR count). The minimum absolute atomic E-state index is 0.196. The first-order valence-electron chi connectivity index (χ1n) is 10.2. The van der Waals surface area contributed by atoms with E-state index in [0.717, 1.165) is 0 Å². The maximum atomic E-state index is 10.8. The van der Waals surface area contributed by atoms with Gasteiger partial charge in [0.15, 0.2) is 6.23 Å². The summed E-state index contributed by atoms with van der Waals surface area (Å²) in [7, 11) is 0. The summed E-state index contributed by atoms with van der Waals surface area (Å²) in [6, 6.07) is -2.03. The molecule has 2 heterocycles. The molecule has 0 bridgehead atoms. The average Bonchev–Trinajstić information content (AvgIpc) is 3.06. The van der Waals surface area contributed by atoms with Gasteiger partial charge in [0, 0.05) is 13.1 Å². The number of carbonyl (C=O) groups is 2. The Kier molecular flexibility index (Phi) is 8.96. The Bertz CT molecular complexity index is 672. The molecule has 12 heteroatoms. The van der Waals surface area contributed by atoms with Crippen LogP contribution in [0.4, 0.5) is 0 Å². The van der Waals surface area contributed by atoms with Gasteiger partial charge in [0.25, 0.3) is 0 Å². The van der Waals surface area contributed by atoms with Crippen LogP contribution in [0.15, 0.2) is 9.98 Å². The Labute approximate surface area is 174 Å². The van der Waals surface area contributed by atoms with E-state index in [2.05, 4.69) is 15.3 Å². The van der Waals surface area contributed by atoms with E-state index >= 15 is 0 Å². The van der Waals surface area contributed by atoms with Gasteiger partial charge < -0.3 is 42.1 Å². The number of nitrogens with zero attached hydrogens (tertiary/aromatic N) is 3. The third-order valence-electron chi connectivity index (χ3n) is 5.28. The number of unbranched alkanes of at least 4 members (excludes halogenated alkanes) is 1. The lowest BCUT2D eigenvalue weighted by Crippen LogP contribution is -2.48. The van der Waals surface area contributed by atoms with Crippen LogP contribution in [0, 0.1) is 0 Å². The van der Waals surface area contributed by atoms with E-state index in [-0.39, 0.29) is 6.04 Å². The van der Waals surface area contributed by atoms with Crippen molar-refractivity contribution in [3.63, 3.8) is 0 Å². The van der Waals surface area contributed by atoms with Gasteiger partial charge in [-0.2, -0.15) is 4.99 Å². The minimum Gasteiger partial charge on any atom is -0.480 e. The number of nitrogens with two attached hydrogens (primary N) is 2. The van der Waals surface area contributed by atoms with Crippen LogP contribution in [-0.4, -0.2) is 92.6 Å². The van der Waals surface area contributed by atoms with E-state index in [0.29, 0.717) is 69.8 Å². The van der Waals surface area contributed by atoms with Crippen molar-refractivity contribution in [1.29, 1.82) is 0 Å². The number of aliphatic imine (C=N–C) groups is 2. The summed E-state index contributed by atoms with van der Waals surface area (Å²) < 4.78 is 0. The standard InChI is InChI=1S/C18H32N6O6/c19-10(16(27)28)4-1-2-9-24-14-12(6-7-13(25)15(24)26)22-18(23-14)21-8-3-5-11(20)17(29)30/h10-13,15,25-26H,1-9,19-20H2,(H,21,22)(H,27,28)(H,29,30)/t10-,11-,12?,13-,15-/m0/s1. The maximum Gasteiger partial charge on any atom is 0.320 e. The summed E-state index contributed by atoms with van der Waals surface area (Å²) >= 11 is 0. The zero-order valence-electron chi connectivity index (χ0n) is 16.9. The molecule has 2 aliphatic rings. The number of aliphatic hydroxyl groups excluding tert-OH is 2. The zero-order valence-corrected chi connectivity index (χ0v) is 16.9. The molecule has 0 amide bonds. The predicted molar refractivity (Wildman–Crippen MR) is 109 cm³/mol. The molecule has 0 aromatic rings. The van der Waals surface area contributed by atoms with E-state index in [9.17, 15) is 19.8 Å². The molecular formula is C18H32N6O6. The third-order valence-corrected chi connectivity index (χ3v) is 5.28. The molecule has 0 saturated carbocycles. The summed E-state index contributed by atoms with van der Waals surface area (Å²) in [4.78, 5) is 32.0. The monoisotopic (exact) mass is 428 g/mol. The Morgan fingerprint density at radius 2 is 1.73 bits per heavy atom. The third kappa shape index (κ3) is 6.62. The Hall–Kier alpha value is -2.28. The molecule has 0 spiro atoms. The summed E-state index contributed by atoms with van der Waals surface area (Å²) in [6.45, 7) is 0.757. The number of hydrogen-bond donors (Lipinski definition) is 7. The fraction of sp³-hybridized carbons (Fsp3) is 0.778. The maximum absolute atomic E-state index is 10.8. The molecule has 0 radical (unpaired) electrons. The number of carboxylic acid groups (broad SMARTS) is 2. The Morgan fingerprint density at radius 3 is 2.37 bits per heavy atom. The smallest absolute Gasteiger partial charge is 0.320 e. The molecule has 0 aromatic carbocycles. The SMILES string of the molecule is N[C@@H](CCCCN1C2=NC(=NCCC[C@H](N)C(=O)O)NC2CC[C@H](O)[C@@H]1O)C(=O)O. The van der Waals surface area contributed by atoms with Crippen molar-refractivity contribution in [2.45, 2.75) is 75.4 Å². The van der Waals surface area contributed by atoms with Gasteiger partial charge in [0.2, 0.25) is 5.96 Å². The van der Waals surface area contributed by atoms with Gasteiger partial charge in [0.1, 0.15) is 17.9 Å². The van der Waals surface area contributed by atoms with Crippen molar-refractivity contribution in [1.82, 2.24) is 10.2 Å². The van der Waals surface area contributed by atoms with Crippen molar-refractivity contribution in [3.8, 4) is 0 Å². The lowest BCUT2D eigenvalue weighted by molar-refractivity contribution is -0.139. The second-order valence-corrected chi connectivity index (χ2v) is 7.65. The van der Waals surface area contributed by atoms with Crippen LogP contribution >= 0.6 is 0 Å². The second-order valence-electron chi connectivity index (χ2n) is 7.65. The fourth-order valence-corrected chi connectivity index (χ4v) is 3.45. The van der Waals surface area contributed by atoms with Crippen LogP contribution in [0.2, 0.25) is 0 Å². The molecule has 0 aromatic heterocycles. The molecule has 12 nitrogen and oxygen atoms in total. The zero-order chi connectivity index (χ0) is 22.3. The number of nitrogens with one attached hydrogen (secondary N) is 1. The number of likely N-dealkylation sites (tertiary alicyclic amines) is 1. The number of fused-ring (bicyclic) bond motifs is 1. The summed E-state index contributed by atoms with van der Waals surface area (Å²) in [5.74, 6) is -1.10. The molecule has 0 aliphatic carbocycles. The molecular weight excluding hydrogens is 396 g/mol. The number of rotatable bonds is 11. The van der Waals surface area contributed by atoms with Crippen molar-refractivity contribution in [2.24, 2.45) is 21.5 Å². The van der Waals surface area contributed by atoms with E-state index in [4.69, 9.17) is 21.7 Å². The van der Waals surface area contributed by atoms with Gasteiger partial charge in [-0.1, -0.05) is 0 Å². The summed E-state index contributed by atoms with van der Waals surface area (Å²) in [5.41, 5.74) is 11.0. The number of amidine groups is 1. The number of aliphatic carboxylic acids is 2. The highest BCUT2D eigenvalue weighted by Gasteiger charge is 2.38. The van der Waals surface area contributed by atoms with Crippen molar-refractivity contribution < 1.29 is 30.0 Å². The second kappa shape index (κ2) is 11.2. The molecule has 1 unspecified atom stereocenters. The van der Waals surface area contributed by atoms with Gasteiger partial charge in [-0.3, -0.25) is 14.6 Å². The van der Waals surface area contributed by atoms with Crippen LogP contribution in [0.3, 0.4) is 0 Å². The molecule has 2 aliphatic heterocycles. The van der Waals surface area contributed by atoms with Crippen molar-refractivity contribution in [2.75, 3.05) is 13.1 Å². The Morgan fingerprint density at radius 1 is 1.10 bits per heavy atom.